The first-order valence-corrected chi connectivity index (χ1v) is 6.51. The Balaban J connectivity index is 2.49. The number of hydrogen-bond donors (Lipinski definition) is 0. The monoisotopic (exact) mass is 212 g/mol. The van der Waals surface area contributed by atoms with Gasteiger partial charge in [-0.25, -0.2) is 4.57 Å². The molecule has 0 aliphatic carbocycles. The Morgan fingerprint density at radius 1 is 1.50 bits per heavy atom. The van der Waals surface area contributed by atoms with Gasteiger partial charge >= 0.3 is 6.95 Å². The summed E-state index contributed by atoms with van der Waals surface area (Å²) >= 11 is 5.41. The Hall–Kier alpha value is 0.440. The lowest BCUT2D eigenvalue weighted by Gasteiger charge is -2.34. The van der Waals surface area contributed by atoms with Crippen LogP contribution in [0.5, 0.6) is 0 Å². The van der Waals surface area contributed by atoms with Gasteiger partial charge in [0.1, 0.15) is 0 Å². The molecule has 0 atom stereocenters. The molecule has 0 amide bonds. The highest BCUT2D eigenvalue weighted by Gasteiger charge is 2.37. The molecular weight excluding hydrogens is 199 g/mol. The third kappa shape index (κ3) is 2.74. The van der Waals surface area contributed by atoms with Crippen LogP contribution in [0.4, 0.5) is 0 Å². The third-order valence-electron chi connectivity index (χ3n) is 1.99. The first-order chi connectivity index (χ1) is 5.47. The van der Waals surface area contributed by atoms with Crippen molar-refractivity contribution in [2.75, 3.05) is 13.2 Å². The SMILES string of the molecule is CCCC1(C)COP(=O)(Cl)OC1. The Morgan fingerprint density at radius 2 is 2.00 bits per heavy atom. The smallest absolute Gasteiger partial charge is 0.296 e. The van der Waals surface area contributed by atoms with E-state index in [1.807, 2.05) is 6.92 Å². The maximum Gasteiger partial charge on any atom is 0.424 e. The molecular formula is C7H14ClO3P. The quantitative estimate of drug-likeness (QED) is 0.660. The van der Waals surface area contributed by atoms with Crippen LogP contribution in [0.15, 0.2) is 0 Å². The molecule has 0 saturated carbocycles. The van der Waals surface area contributed by atoms with Gasteiger partial charge in [0.05, 0.1) is 13.2 Å². The van der Waals surface area contributed by atoms with Crippen LogP contribution in [0.25, 0.3) is 0 Å². The standard InChI is InChI=1S/C7H14ClO3P/c1-3-4-7(2)5-10-12(8,9)11-6-7/h3-6H2,1-2H3. The Kier molecular flexibility index (Phi) is 3.21. The van der Waals surface area contributed by atoms with Crippen molar-refractivity contribution in [3.63, 3.8) is 0 Å². The fraction of sp³-hybridized carbons (Fsp3) is 1.00. The van der Waals surface area contributed by atoms with Crippen molar-refractivity contribution in [1.82, 2.24) is 0 Å². The van der Waals surface area contributed by atoms with E-state index in [0.717, 1.165) is 12.8 Å². The summed E-state index contributed by atoms with van der Waals surface area (Å²) in [7, 11) is 0. The lowest BCUT2D eigenvalue weighted by molar-refractivity contribution is 0.0302. The summed E-state index contributed by atoms with van der Waals surface area (Å²) in [6, 6.07) is 0. The van der Waals surface area contributed by atoms with Gasteiger partial charge in [0, 0.05) is 16.7 Å². The maximum atomic E-state index is 11.0. The normalized spacial score (nSPS) is 42.9. The summed E-state index contributed by atoms with van der Waals surface area (Å²) in [4.78, 5) is 0. The van der Waals surface area contributed by atoms with Crippen molar-refractivity contribution in [2.45, 2.75) is 26.7 Å². The van der Waals surface area contributed by atoms with Gasteiger partial charge in [-0.2, -0.15) is 0 Å². The van der Waals surface area contributed by atoms with Crippen molar-refractivity contribution in [3.05, 3.63) is 0 Å². The van der Waals surface area contributed by atoms with E-state index in [0.29, 0.717) is 13.2 Å². The fourth-order valence-corrected chi connectivity index (χ4v) is 2.59. The minimum absolute atomic E-state index is 0.0163. The molecule has 12 heavy (non-hydrogen) atoms. The van der Waals surface area contributed by atoms with Gasteiger partial charge in [-0.05, 0) is 6.42 Å². The van der Waals surface area contributed by atoms with E-state index in [9.17, 15) is 4.57 Å². The molecule has 5 heteroatoms. The molecule has 0 aromatic heterocycles. The van der Waals surface area contributed by atoms with Crippen molar-refractivity contribution in [1.29, 1.82) is 0 Å². The molecule has 3 nitrogen and oxygen atoms in total. The number of halogens is 1. The lowest BCUT2D eigenvalue weighted by Crippen LogP contribution is -2.31. The Bertz CT molecular complexity index is 195. The molecule has 0 aromatic rings. The minimum atomic E-state index is -3.22. The molecule has 0 N–H and O–H groups in total. The fourth-order valence-electron chi connectivity index (χ4n) is 1.29. The second-order valence-electron chi connectivity index (χ2n) is 3.54. The van der Waals surface area contributed by atoms with E-state index in [1.165, 1.54) is 0 Å². The summed E-state index contributed by atoms with van der Waals surface area (Å²) in [6.45, 7) is 1.79. The topological polar surface area (TPSA) is 35.5 Å². The van der Waals surface area contributed by atoms with Gasteiger partial charge in [0.15, 0.2) is 0 Å². The first kappa shape index (κ1) is 10.5. The Labute approximate surface area is 77.7 Å². The van der Waals surface area contributed by atoms with Crippen molar-refractivity contribution in [2.24, 2.45) is 5.41 Å². The van der Waals surface area contributed by atoms with Crippen LogP contribution in [0.2, 0.25) is 0 Å². The first-order valence-electron chi connectivity index (χ1n) is 4.06. The predicted octanol–water partition coefficient (Wildman–Crippen LogP) is 3.19. The number of rotatable bonds is 2. The van der Waals surface area contributed by atoms with Crippen LogP contribution in [0, 0.1) is 5.41 Å². The van der Waals surface area contributed by atoms with Gasteiger partial charge in [0.2, 0.25) is 0 Å². The van der Waals surface area contributed by atoms with E-state index in [-0.39, 0.29) is 5.41 Å². The van der Waals surface area contributed by atoms with Crippen LogP contribution in [0.3, 0.4) is 0 Å². The summed E-state index contributed by atoms with van der Waals surface area (Å²) < 4.78 is 20.9. The van der Waals surface area contributed by atoms with Crippen LogP contribution < -0.4 is 0 Å². The molecule has 0 radical (unpaired) electrons. The molecule has 0 unspecified atom stereocenters. The molecule has 0 bridgehead atoms. The highest BCUT2D eigenvalue weighted by Crippen LogP contribution is 2.58. The van der Waals surface area contributed by atoms with Gasteiger partial charge in [-0.15, -0.1) is 0 Å². The molecule has 1 fully saturated rings. The highest BCUT2D eigenvalue weighted by atomic mass is 35.7. The molecule has 1 rings (SSSR count). The summed E-state index contributed by atoms with van der Waals surface area (Å²) in [5, 5.41) is 0. The van der Waals surface area contributed by atoms with Crippen LogP contribution >= 0.6 is 18.2 Å². The second kappa shape index (κ2) is 3.67. The van der Waals surface area contributed by atoms with Crippen LogP contribution in [0.1, 0.15) is 26.7 Å². The molecule has 72 valence electrons. The Morgan fingerprint density at radius 3 is 2.42 bits per heavy atom. The summed E-state index contributed by atoms with van der Waals surface area (Å²) in [5.74, 6) is 0. The molecule has 1 saturated heterocycles. The van der Waals surface area contributed by atoms with E-state index in [4.69, 9.17) is 20.3 Å². The van der Waals surface area contributed by atoms with Gasteiger partial charge < -0.3 is 0 Å². The van der Waals surface area contributed by atoms with Crippen molar-refractivity contribution >= 4 is 18.2 Å². The molecule has 1 heterocycles. The van der Waals surface area contributed by atoms with Gasteiger partial charge in [0.25, 0.3) is 0 Å². The lowest BCUT2D eigenvalue weighted by atomic mass is 9.88. The maximum absolute atomic E-state index is 11.0. The van der Waals surface area contributed by atoms with Crippen molar-refractivity contribution in [3.8, 4) is 0 Å². The zero-order chi connectivity index (χ0) is 9.24. The zero-order valence-electron chi connectivity index (χ0n) is 7.38. The molecule has 0 spiro atoms. The van der Waals surface area contributed by atoms with Crippen LogP contribution in [-0.2, 0) is 13.6 Å². The number of hydrogen-bond acceptors (Lipinski definition) is 3. The average molecular weight is 213 g/mol. The molecule has 1 aliphatic rings. The van der Waals surface area contributed by atoms with E-state index >= 15 is 0 Å². The summed E-state index contributed by atoms with van der Waals surface area (Å²) in [5.41, 5.74) is -0.0163. The predicted molar refractivity (Wildman–Crippen MR) is 48.4 cm³/mol. The highest BCUT2D eigenvalue weighted by molar-refractivity contribution is 7.81. The van der Waals surface area contributed by atoms with Crippen LogP contribution in [-0.4, -0.2) is 13.2 Å². The van der Waals surface area contributed by atoms with E-state index in [2.05, 4.69) is 6.92 Å². The average Bonchev–Trinajstić information content (AvgIpc) is 1.98. The molecule has 1 aliphatic heterocycles. The van der Waals surface area contributed by atoms with Gasteiger partial charge in [-0.1, -0.05) is 20.3 Å². The van der Waals surface area contributed by atoms with Crippen molar-refractivity contribution < 1.29 is 13.6 Å². The zero-order valence-corrected chi connectivity index (χ0v) is 9.03. The van der Waals surface area contributed by atoms with E-state index < -0.39 is 6.95 Å². The minimum Gasteiger partial charge on any atom is -0.296 e. The third-order valence-corrected chi connectivity index (χ3v) is 3.45. The molecule has 0 aromatic carbocycles. The van der Waals surface area contributed by atoms with E-state index in [1.54, 1.807) is 0 Å². The van der Waals surface area contributed by atoms with Gasteiger partial charge in [-0.3, -0.25) is 9.05 Å². The summed E-state index contributed by atoms with van der Waals surface area (Å²) in [6.07, 6.45) is 2.07. The second-order valence-corrected chi connectivity index (χ2v) is 6.16. The largest absolute Gasteiger partial charge is 0.424 e.